The Bertz CT molecular complexity index is 1280. The van der Waals surface area contributed by atoms with E-state index >= 15 is 0 Å². The van der Waals surface area contributed by atoms with Gasteiger partial charge in [-0.05, 0) is 43.7 Å². The molecule has 13 nitrogen and oxygen atoms in total. The van der Waals surface area contributed by atoms with Crippen molar-refractivity contribution < 1.29 is 28.6 Å². The molecule has 3 aromatic rings. The first-order valence-corrected chi connectivity index (χ1v) is 13.6. The van der Waals surface area contributed by atoms with Crippen molar-refractivity contribution in [1.82, 2.24) is 19.0 Å². The Morgan fingerprint density at radius 1 is 0.707 bits per heavy atom. The molecule has 5 N–H and O–H groups in total. The third-order valence-corrected chi connectivity index (χ3v) is 6.16. The SMILES string of the molecule is Cn1cc(NC(=O)c2cc(NC(=O)c3cccn3C)cn2C)cc1C(=O)NCCCOCCOCCOCCCN. The Morgan fingerprint density at radius 2 is 1.22 bits per heavy atom. The van der Waals surface area contributed by atoms with Crippen molar-refractivity contribution in [3.05, 3.63) is 59.9 Å². The third-order valence-electron chi connectivity index (χ3n) is 6.16. The fourth-order valence-electron chi connectivity index (χ4n) is 4.00. The van der Waals surface area contributed by atoms with Gasteiger partial charge in [0.1, 0.15) is 17.1 Å². The second-order valence-corrected chi connectivity index (χ2v) is 9.45. The molecule has 0 aromatic carbocycles. The fourth-order valence-corrected chi connectivity index (χ4v) is 4.00. The lowest BCUT2D eigenvalue weighted by Crippen LogP contribution is -2.27. The number of aromatic nitrogens is 3. The second kappa shape index (κ2) is 16.4. The number of aryl methyl sites for hydroxylation is 3. The zero-order chi connectivity index (χ0) is 29.6. The molecule has 0 radical (unpaired) electrons. The van der Waals surface area contributed by atoms with Crippen LogP contribution in [0.1, 0.15) is 44.3 Å². The summed E-state index contributed by atoms with van der Waals surface area (Å²) in [7, 11) is 5.23. The van der Waals surface area contributed by atoms with Gasteiger partial charge in [-0.15, -0.1) is 0 Å². The van der Waals surface area contributed by atoms with E-state index in [1.54, 1.807) is 77.7 Å². The summed E-state index contributed by atoms with van der Waals surface area (Å²) in [4.78, 5) is 38.1. The molecular formula is C28H41N7O6. The summed E-state index contributed by atoms with van der Waals surface area (Å²) in [5, 5.41) is 8.48. The van der Waals surface area contributed by atoms with Gasteiger partial charge in [0, 0.05) is 59.5 Å². The smallest absolute Gasteiger partial charge is 0.272 e. The van der Waals surface area contributed by atoms with E-state index in [1.807, 2.05) is 0 Å². The van der Waals surface area contributed by atoms with E-state index in [4.69, 9.17) is 19.9 Å². The van der Waals surface area contributed by atoms with E-state index in [9.17, 15) is 14.4 Å². The summed E-state index contributed by atoms with van der Waals surface area (Å²) in [6.45, 7) is 4.22. The number of nitrogens with two attached hydrogens (primary N) is 1. The number of nitrogens with zero attached hydrogens (tertiary/aromatic N) is 3. The summed E-state index contributed by atoms with van der Waals surface area (Å²) in [6.07, 6.45) is 6.61. The van der Waals surface area contributed by atoms with Crippen molar-refractivity contribution in [2.45, 2.75) is 12.8 Å². The van der Waals surface area contributed by atoms with Gasteiger partial charge < -0.3 is 49.6 Å². The largest absolute Gasteiger partial charge is 0.379 e. The molecule has 0 aliphatic rings. The molecule has 224 valence electrons. The average Bonchev–Trinajstić information content (AvgIpc) is 3.64. The van der Waals surface area contributed by atoms with E-state index in [0.29, 0.717) is 87.6 Å². The van der Waals surface area contributed by atoms with Crippen LogP contribution >= 0.6 is 0 Å². The fraction of sp³-hybridized carbons (Fsp3) is 0.464. The molecule has 0 fully saturated rings. The number of rotatable bonds is 18. The van der Waals surface area contributed by atoms with Crippen LogP contribution in [-0.4, -0.2) is 84.2 Å². The molecule has 0 unspecified atom stereocenters. The number of anilines is 2. The molecule has 0 bridgehead atoms. The highest BCUT2D eigenvalue weighted by Crippen LogP contribution is 2.18. The van der Waals surface area contributed by atoms with Crippen LogP contribution in [-0.2, 0) is 35.4 Å². The first-order valence-electron chi connectivity index (χ1n) is 13.6. The van der Waals surface area contributed by atoms with Gasteiger partial charge in [-0.1, -0.05) is 0 Å². The van der Waals surface area contributed by atoms with Crippen molar-refractivity contribution in [3.8, 4) is 0 Å². The summed E-state index contributed by atoms with van der Waals surface area (Å²) < 4.78 is 21.3. The molecule has 41 heavy (non-hydrogen) atoms. The van der Waals surface area contributed by atoms with E-state index in [0.717, 1.165) is 6.42 Å². The summed E-state index contributed by atoms with van der Waals surface area (Å²) in [6, 6.07) is 6.71. The maximum absolute atomic E-state index is 12.9. The lowest BCUT2D eigenvalue weighted by molar-refractivity contribution is 0.0141. The Morgan fingerprint density at radius 3 is 1.76 bits per heavy atom. The van der Waals surface area contributed by atoms with Gasteiger partial charge in [0.25, 0.3) is 17.7 Å². The normalized spacial score (nSPS) is 11.0. The molecule has 0 aliphatic heterocycles. The molecule has 3 aromatic heterocycles. The minimum Gasteiger partial charge on any atom is -0.379 e. The maximum atomic E-state index is 12.9. The van der Waals surface area contributed by atoms with Crippen molar-refractivity contribution >= 4 is 29.1 Å². The minimum absolute atomic E-state index is 0.254. The van der Waals surface area contributed by atoms with Crippen molar-refractivity contribution in [2.75, 3.05) is 63.4 Å². The topological polar surface area (TPSA) is 156 Å². The van der Waals surface area contributed by atoms with Gasteiger partial charge in [-0.25, -0.2) is 0 Å². The van der Waals surface area contributed by atoms with Crippen molar-refractivity contribution in [2.24, 2.45) is 26.9 Å². The van der Waals surface area contributed by atoms with Crippen LogP contribution in [0.4, 0.5) is 11.4 Å². The van der Waals surface area contributed by atoms with E-state index < -0.39 is 0 Å². The van der Waals surface area contributed by atoms with Crippen molar-refractivity contribution in [1.29, 1.82) is 0 Å². The van der Waals surface area contributed by atoms with Crippen LogP contribution in [0.5, 0.6) is 0 Å². The number of hydrogen-bond donors (Lipinski definition) is 4. The number of carbonyl (C=O) groups excluding carboxylic acids is 3. The molecule has 3 rings (SSSR count). The van der Waals surface area contributed by atoms with Crippen LogP contribution in [0.25, 0.3) is 0 Å². The second-order valence-electron chi connectivity index (χ2n) is 9.45. The van der Waals surface area contributed by atoms with Crippen LogP contribution < -0.4 is 21.7 Å². The lowest BCUT2D eigenvalue weighted by Gasteiger charge is -2.08. The molecule has 3 heterocycles. The molecule has 3 amide bonds. The predicted octanol–water partition coefficient (Wildman–Crippen LogP) is 1.73. The molecule has 13 heteroatoms. The average molecular weight is 572 g/mol. The predicted molar refractivity (Wildman–Crippen MR) is 155 cm³/mol. The first kappa shape index (κ1) is 31.6. The quantitative estimate of drug-likeness (QED) is 0.169. The zero-order valence-electron chi connectivity index (χ0n) is 24.0. The number of ether oxygens (including phenoxy) is 3. The monoisotopic (exact) mass is 571 g/mol. The van der Waals surface area contributed by atoms with Gasteiger partial charge in [-0.3, -0.25) is 14.4 Å². The Kier molecular flexibility index (Phi) is 12.6. The highest BCUT2D eigenvalue weighted by molar-refractivity contribution is 6.07. The number of hydrogen-bond acceptors (Lipinski definition) is 7. The standard InChI is InChI=1S/C28H41N7O6/c1-33-10-4-7-23(33)27(37)31-22-18-25(35(3)20-22)28(38)32-21-17-24(34(2)19-21)26(36)30-9-6-12-40-14-16-41-15-13-39-11-5-8-29/h4,7,10,17-20H,5-6,8-9,11-16,29H2,1-3H3,(H,30,36)(H,31,37)(H,32,38). The van der Waals surface area contributed by atoms with E-state index in [1.165, 1.54) is 0 Å². The van der Waals surface area contributed by atoms with Gasteiger partial charge in [0.2, 0.25) is 0 Å². The minimum atomic E-state index is -0.371. The molecule has 0 saturated heterocycles. The molecule has 0 atom stereocenters. The summed E-state index contributed by atoms with van der Waals surface area (Å²) in [5.41, 5.74) is 7.64. The molecule has 0 aliphatic carbocycles. The first-order chi connectivity index (χ1) is 19.8. The highest BCUT2D eigenvalue weighted by atomic mass is 16.5. The molecule has 0 saturated carbocycles. The lowest BCUT2D eigenvalue weighted by atomic mass is 10.3. The summed E-state index contributed by atoms with van der Waals surface area (Å²) in [5.74, 6) is -0.898. The maximum Gasteiger partial charge on any atom is 0.272 e. The highest BCUT2D eigenvalue weighted by Gasteiger charge is 2.17. The van der Waals surface area contributed by atoms with Crippen LogP contribution in [0.2, 0.25) is 0 Å². The van der Waals surface area contributed by atoms with Crippen LogP contribution in [0.15, 0.2) is 42.9 Å². The van der Waals surface area contributed by atoms with Gasteiger partial charge in [-0.2, -0.15) is 0 Å². The molecule has 0 spiro atoms. The Hall–Kier alpha value is -3.91. The molecular weight excluding hydrogens is 530 g/mol. The number of nitrogens with one attached hydrogen (secondary N) is 3. The van der Waals surface area contributed by atoms with E-state index in [-0.39, 0.29) is 17.7 Å². The number of amides is 3. The Labute approximate surface area is 239 Å². The zero-order valence-corrected chi connectivity index (χ0v) is 24.0. The van der Waals surface area contributed by atoms with Gasteiger partial charge in [0.05, 0.1) is 37.8 Å². The van der Waals surface area contributed by atoms with Gasteiger partial charge >= 0.3 is 0 Å². The summed E-state index contributed by atoms with van der Waals surface area (Å²) >= 11 is 0. The van der Waals surface area contributed by atoms with Crippen LogP contribution in [0, 0.1) is 0 Å². The van der Waals surface area contributed by atoms with Gasteiger partial charge in [0.15, 0.2) is 0 Å². The van der Waals surface area contributed by atoms with Crippen molar-refractivity contribution in [3.63, 3.8) is 0 Å². The van der Waals surface area contributed by atoms with Crippen LogP contribution in [0.3, 0.4) is 0 Å². The third kappa shape index (κ3) is 9.90. The van der Waals surface area contributed by atoms with E-state index in [2.05, 4.69) is 16.0 Å². The Balaban J connectivity index is 1.37. The number of carbonyl (C=O) groups is 3.